The van der Waals surface area contributed by atoms with Crippen molar-refractivity contribution in [1.82, 2.24) is 19.9 Å². The van der Waals surface area contributed by atoms with Crippen molar-refractivity contribution in [2.24, 2.45) is 0 Å². The molecule has 1 saturated heterocycles. The number of nitrogens with zero attached hydrogens (tertiary/aromatic N) is 5. The predicted molar refractivity (Wildman–Crippen MR) is 128 cm³/mol. The number of ether oxygens (including phenoxy) is 1. The highest BCUT2D eigenvalue weighted by atomic mass is 19.4. The molecule has 3 N–H and O–H groups in total. The van der Waals surface area contributed by atoms with Gasteiger partial charge in [0.15, 0.2) is 18.2 Å². The number of aromatic nitrogens is 3. The predicted octanol–water partition coefficient (Wildman–Crippen LogP) is 3.46. The molecule has 10 nitrogen and oxygen atoms in total. The average molecular weight is 500 g/mol. The fourth-order valence-electron chi connectivity index (χ4n) is 3.87. The molecule has 13 heteroatoms. The maximum Gasteiger partial charge on any atom is 0.421 e. The molecule has 2 aromatic heterocycles. The van der Waals surface area contributed by atoms with Crippen LogP contribution in [0.5, 0.6) is 5.75 Å². The molecule has 3 aromatic rings. The van der Waals surface area contributed by atoms with Crippen molar-refractivity contribution in [3.05, 3.63) is 48.2 Å². The quantitative estimate of drug-likeness (QED) is 0.486. The number of piperazine rings is 1. The van der Waals surface area contributed by atoms with Crippen molar-refractivity contribution in [2.75, 3.05) is 60.7 Å². The van der Waals surface area contributed by atoms with Crippen molar-refractivity contribution in [3.8, 4) is 5.75 Å². The van der Waals surface area contributed by atoms with E-state index in [2.05, 4.69) is 47.7 Å². The Morgan fingerprint density at radius 1 is 1.06 bits per heavy atom. The molecule has 0 atom stereocenters. The molecule has 0 spiro atoms. The number of nitrogens with one attached hydrogen (secondary N) is 3. The zero-order valence-electron chi connectivity index (χ0n) is 19.3. The number of rotatable bonds is 5. The molecule has 1 amide bonds. The van der Waals surface area contributed by atoms with E-state index in [1.54, 1.807) is 6.07 Å². The zero-order chi connectivity index (χ0) is 25.3. The van der Waals surface area contributed by atoms with Crippen LogP contribution in [0.15, 0.2) is 42.6 Å². The number of anilines is 6. The van der Waals surface area contributed by atoms with Crippen LogP contribution in [-0.2, 0) is 11.0 Å². The van der Waals surface area contributed by atoms with Crippen LogP contribution >= 0.6 is 0 Å². The summed E-state index contributed by atoms with van der Waals surface area (Å²) in [6, 6.07) is 10.5. The van der Waals surface area contributed by atoms with Gasteiger partial charge in [-0.05, 0) is 37.4 Å². The summed E-state index contributed by atoms with van der Waals surface area (Å²) in [6.45, 7) is 3.49. The lowest BCUT2D eigenvalue weighted by Gasteiger charge is -2.34. The van der Waals surface area contributed by atoms with Crippen molar-refractivity contribution in [1.29, 1.82) is 0 Å². The number of benzene rings is 1. The van der Waals surface area contributed by atoms with Crippen molar-refractivity contribution < 1.29 is 22.7 Å². The van der Waals surface area contributed by atoms with E-state index in [0.29, 0.717) is 17.6 Å². The highest BCUT2D eigenvalue weighted by molar-refractivity contribution is 5.94. The van der Waals surface area contributed by atoms with E-state index in [1.807, 2.05) is 18.2 Å². The van der Waals surface area contributed by atoms with Crippen LogP contribution in [0.25, 0.3) is 0 Å². The standard InChI is InChI=1S/C23H23F3N8O2/c1-33-7-9-34(10-8-33)15-4-2-3-14(11-15)28-22-27-12-16(23(24,25)26)20(32-22)29-18-6-5-17-21(30-18)31-19(35)13-36-17/h2-6,11-12H,7-10,13H2,1H3,(H3,27,28,29,30,31,32,35). The van der Waals surface area contributed by atoms with Crippen molar-refractivity contribution in [2.45, 2.75) is 6.18 Å². The molecule has 36 heavy (non-hydrogen) atoms. The van der Waals surface area contributed by atoms with Gasteiger partial charge >= 0.3 is 6.18 Å². The van der Waals surface area contributed by atoms with Gasteiger partial charge in [0.1, 0.15) is 17.2 Å². The second kappa shape index (κ2) is 9.49. The van der Waals surface area contributed by atoms with Crippen LogP contribution in [-0.4, -0.2) is 65.6 Å². The number of carbonyl (C=O) groups is 1. The van der Waals surface area contributed by atoms with Gasteiger partial charge in [-0.3, -0.25) is 4.79 Å². The Kier molecular flexibility index (Phi) is 6.22. The van der Waals surface area contributed by atoms with E-state index in [-0.39, 0.29) is 24.2 Å². The smallest absolute Gasteiger partial charge is 0.421 e. The zero-order valence-corrected chi connectivity index (χ0v) is 19.3. The monoisotopic (exact) mass is 500 g/mol. The molecule has 1 fully saturated rings. The minimum Gasteiger partial charge on any atom is -0.480 e. The summed E-state index contributed by atoms with van der Waals surface area (Å²) in [5.41, 5.74) is 0.587. The van der Waals surface area contributed by atoms with Crippen LogP contribution in [0.1, 0.15) is 5.56 Å². The van der Waals surface area contributed by atoms with Gasteiger partial charge < -0.3 is 30.5 Å². The van der Waals surface area contributed by atoms with Crippen molar-refractivity contribution in [3.63, 3.8) is 0 Å². The summed E-state index contributed by atoms with van der Waals surface area (Å²) >= 11 is 0. The summed E-state index contributed by atoms with van der Waals surface area (Å²) in [5.74, 6) is -0.428. The van der Waals surface area contributed by atoms with Crippen LogP contribution in [0.2, 0.25) is 0 Å². The third kappa shape index (κ3) is 5.25. The number of alkyl halides is 3. The first-order chi connectivity index (χ1) is 17.2. The average Bonchev–Trinajstić information content (AvgIpc) is 2.84. The molecule has 0 radical (unpaired) electrons. The lowest BCUT2D eigenvalue weighted by Crippen LogP contribution is -2.44. The van der Waals surface area contributed by atoms with Gasteiger partial charge in [0.25, 0.3) is 5.91 Å². The van der Waals surface area contributed by atoms with Gasteiger partial charge in [0.2, 0.25) is 5.95 Å². The second-order valence-corrected chi connectivity index (χ2v) is 8.42. The first-order valence-corrected chi connectivity index (χ1v) is 11.2. The molecule has 5 rings (SSSR count). The van der Waals surface area contributed by atoms with Crippen molar-refractivity contribution >= 4 is 40.7 Å². The molecule has 0 unspecified atom stereocenters. The molecule has 2 aliphatic rings. The van der Waals surface area contributed by atoms with Crippen LogP contribution in [0.3, 0.4) is 0 Å². The summed E-state index contributed by atoms with van der Waals surface area (Å²) in [5, 5.41) is 8.10. The molecule has 1 aromatic carbocycles. The number of likely N-dealkylation sites (N-methyl/N-ethyl adjacent to an activating group) is 1. The molecule has 188 valence electrons. The summed E-state index contributed by atoms with van der Waals surface area (Å²) in [7, 11) is 2.08. The highest BCUT2D eigenvalue weighted by Crippen LogP contribution is 2.36. The number of halogens is 3. The molecule has 2 aliphatic heterocycles. The Hall–Kier alpha value is -4.13. The highest BCUT2D eigenvalue weighted by Gasteiger charge is 2.35. The fraction of sp³-hybridized carbons (Fsp3) is 0.304. The Morgan fingerprint density at radius 3 is 2.64 bits per heavy atom. The largest absolute Gasteiger partial charge is 0.480 e. The van der Waals surface area contributed by atoms with E-state index in [0.717, 1.165) is 31.9 Å². The summed E-state index contributed by atoms with van der Waals surface area (Å²) in [4.78, 5) is 28.1. The molecular weight excluding hydrogens is 477 g/mol. The van der Waals surface area contributed by atoms with Crippen LogP contribution in [0, 0.1) is 0 Å². The number of carbonyl (C=O) groups excluding carboxylic acids is 1. The van der Waals surface area contributed by atoms with Gasteiger partial charge in [-0.1, -0.05) is 6.07 Å². The molecular formula is C23H23F3N8O2. The lowest BCUT2D eigenvalue weighted by atomic mass is 10.2. The third-order valence-corrected chi connectivity index (χ3v) is 5.79. The Balaban J connectivity index is 1.39. The number of pyridine rings is 1. The molecule has 0 bridgehead atoms. The molecule has 0 saturated carbocycles. The normalized spacial score (nSPS) is 16.1. The Labute approximate surface area is 204 Å². The van der Waals surface area contributed by atoms with Gasteiger partial charge in [-0.2, -0.15) is 18.2 Å². The van der Waals surface area contributed by atoms with Crippen LogP contribution < -0.4 is 25.6 Å². The minimum atomic E-state index is -4.70. The maximum atomic E-state index is 13.7. The Bertz CT molecular complexity index is 1280. The number of hydrogen-bond acceptors (Lipinski definition) is 9. The Morgan fingerprint density at radius 2 is 1.86 bits per heavy atom. The van der Waals surface area contributed by atoms with E-state index < -0.39 is 23.5 Å². The SMILES string of the molecule is CN1CCN(c2cccc(Nc3ncc(C(F)(F)F)c(Nc4ccc5c(n4)NC(=O)CO5)n3)c2)CC1. The first kappa shape index (κ1) is 23.6. The third-order valence-electron chi connectivity index (χ3n) is 5.79. The van der Waals surface area contributed by atoms with Gasteiger partial charge in [-0.25, -0.2) is 9.97 Å². The topological polar surface area (TPSA) is 108 Å². The fourth-order valence-corrected chi connectivity index (χ4v) is 3.87. The molecule has 0 aliphatic carbocycles. The minimum absolute atomic E-state index is 0.0179. The summed E-state index contributed by atoms with van der Waals surface area (Å²) in [6.07, 6.45) is -3.99. The lowest BCUT2D eigenvalue weighted by molar-refractivity contribution is -0.137. The van der Waals surface area contributed by atoms with E-state index in [4.69, 9.17) is 4.74 Å². The van der Waals surface area contributed by atoms with E-state index in [9.17, 15) is 18.0 Å². The number of fused-ring (bicyclic) bond motifs is 1. The number of amides is 1. The first-order valence-electron chi connectivity index (χ1n) is 11.2. The van der Waals surface area contributed by atoms with Gasteiger partial charge in [0.05, 0.1) is 0 Å². The van der Waals surface area contributed by atoms with Gasteiger partial charge in [0, 0.05) is 43.8 Å². The maximum absolute atomic E-state index is 13.7. The van der Waals surface area contributed by atoms with Gasteiger partial charge in [-0.15, -0.1) is 0 Å². The second-order valence-electron chi connectivity index (χ2n) is 8.42. The number of hydrogen-bond donors (Lipinski definition) is 3. The summed E-state index contributed by atoms with van der Waals surface area (Å²) < 4.78 is 46.3. The van der Waals surface area contributed by atoms with E-state index in [1.165, 1.54) is 12.1 Å². The van der Waals surface area contributed by atoms with Crippen LogP contribution in [0.4, 0.5) is 47.9 Å². The molecule has 4 heterocycles. The van der Waals surface area contributed by atoms with E-state index >= 15 is 0 Å².